The fraction of sp³-hybridized carbons (Fsp3) is 0.529. The Labute approximate surface area is 130 Å². The van der Waals surface area contributed by atoms with E-state index in [4.69, 9.17) is 0 Å². The van der Waals surface area contributed by atoms with E-state index in [1.165, 1.54) is 30.4 Å². The van der Waals surface area contributed by atoms with E-state index < -0.39 is 0 Å². The topological polar surface area (TPSA) is 0 Å². The van der Waals surface area contributed by atoms with Gasteiger partial charge in [-0.2, -0.15) is 5.56 Å². The van der Waals surface area contributed by atoms with Crippen molar-refractivity contribution in [2.45, 2.75) is 52.9 Å². The molecule has 0 heterocycles. The maximum atomic E-state index is 3.62. The Bertz CT molecular complexity index is 489. The number of fused-ring (bicyclic) bond motifs is 3. The smallest absolute Gasteiger partial charge is 0 e. The van der Waals surface area contributed by atoms with Crippen LogP contribution in [0.5, 0.6) is 0 Å². The van der Waals surface area contributed by atoms with Crippen LogP contribution in [0.4, 0.5) is 0 Å². The second-order valence-corrected chi connectivity index (χ2v) is 6.66. The molecular weight excluding hydrogens is 383 g/mol. The molecule has 0 saturated carbocycles. The first-order valence-corrected chi connectivity index (χ1v) is 6.78. The maximum absolute atomic E-state index is 3.62. The number of rotatable bonds is 1. The van der Waals surface area contributed by atoms with Crippen LogP contribution < -0.4 is 0 Å². The third-order valence-corrected chi connectivity index (χ3v) is 3.87. The van der Waals surface area contributed by atoms with Crippen LogP contribution in [-0.2, 0) is 45.1 Å². The third-order valence-electron chi connectivity index (χ3n) is 3.87. The van der Waals surface area contributed by atoms with Gasteiger partial charge in [-0.15, -0.1) is 17.5 Å². The van der Waals surface area contributed by atoms with Crippen LogP contribution in [0, 0.1) is 11.5 Å². The van der Waals surface area contributed by atoms with Gasteiger partial charge < -0.3 is 0 Å². The number of aryl methyl sites for hydroxylation is 1. The Balaban J connectivity index is 0.00000120. The first-order valence-electron chi connectivity index (χ1n) is 6.78. The molecule has 0 aromatic heterocycles. The van der Waals surface area contributed by atoms with Gasteiger partial charge in [0.25, 0.3) is 0 Å². The van der Waals surface area contributed by atoms with E-state index in [2.05, 4.69) is 39.0 Å². The average Bonchev–Trinajstić information content (AvgIpc) is 2.80. The van der Waals surface area contributed by atoms with Gasteiger partial charge in [-0.1, -0.05) is 44.9 Å². The summed E-state index contributed by atoms with van der Waals surface area (Å²) in [6.07, 6.45) is 9.73. The molecule has 0 fully saturated rings. The molecule has 0 aliphatic heterocycles. The largest absolute Gasteiger partial charge is 0.268 e. The molecule has 0 bridgehead atoms. The zero-order valence-corrected chi connectivity index (χ0v) is 15.3. The van der Waals surface area contributed by atoms with Gasteiger partial charge in [-0.25, -0.2) is 5.57 Å². The monoisotopic (exact) mass is 405 g/mol. The van der Waals surface area contributed by atoms with Crippen molar-refractivity contribution >= 4 is 5.57 Å². The Hall–Kier alpha value is -0.170. The van der Waals surface area contributed by atoms with Gasteiger partial charge in [-0.3, -0.25) is 6.08 Å². The molecule has 0 N–H and O–H groups in total. The van der Waals surface area contributed by atoms with Gasteiger partial charge in [0.15, 0.2) is 0 Å². The second-order valence-electron chi connectivity index (χ2n) is 6.66. The Kier molecular flexibility index (Phi) is 4.02. The van der Waals surface area contributed by atoms with Crippen LogP contribution >= 0.6 is 0 Å². The van der Waals surface area contributed by atoms with Gasteiger partial charge in [-0.05, 0) is 24.7 Å². The summed E-state index contributed by atoms with van der Waals surface area (Å²) in [5.41, 5.74) is 8.20. The van der Waals surface area contributed by atoms with Crippen molar-refractivity contribution in [3.05, 3.63) is 40.5 Å². The van der Waals surface area contributed by atoms with Gasteiger partial charge in [0.2, 0.25) is 0 Å². The summed E-state index contributed by atoms with van der Waals surface area (Å²) in [5.74, 6) is 0. The standard InChI is InChI=1S/C17H21.Hf/c1-17(2,3)11-14-10-9-13-8-7-12-5-4-6-15(12)16(13)14;/h7-8H,4-6,9,11H2,1-3H3;/q-1;. The van der Waals surface area contributed by atoms with Crippen LogP contribution in [-0.4, -0.2) is 0 Å². The van der Waals surface area contributed by atoms with Crippen LogP contribution in [0.15, 0.2) is 12.1 Å². The van der Waals surface area contributed by atoms with Crippen LogP contribution in [0.1, 0.15) is 55.9 Å². The van der Waals surface area contributed by atoms with E-state index in [0.717, 1.165) is 12.8 Å². The molecule has 0 unspecified atom stereocenters. The summed E-state index contributed by atoms with van der Waals surface area (Å²) in [4.78, 5) is 0. The fourth-order valence-electron chi connectivity index (χ4n) is 3.21. The van der Waals surface area contributed by atoms with Crippen molar-refractivity contribution in [2.75, 3.05) is 0 Å². The SMILES string of the molecule is CC(C)(C)CC1=[C-]Cc2ccc3c(c21)CCC3.[Hf]. The molecule has 0 amide bonds. The first-order chi connectivity index (χ1) is 8.04. The Morgan fingerprint density at radius 3 is 2.56 bits per heavy atom. The van der Waals surface area contributed by atoms with Gasteiger partial charge in [0.1, 0.15) is 0 Å². The molecule has 94 valence electrons. The Morgan fingerprint density at radius 2 is 1.83 bits per heavy atom. The minimum atomic E-state index is 0. The van der Waals surface area contributed by atoms with E-state index in [9.17, 15) is 0 Å². The Morgan fingerprint density at radius 1 is 1.11 bits per heavy atom. The summed E-state index contributed by atoms with van der Waals surface area (Å²) in [7, 11) is 0. The summed E-state index contributed by atoms with van der Waals surface area (Å²) in [5, 5.41) is 0. The molecule has 18 heavy (non-hydrogen) atoms. The fourth-order valence-corrected chi connectivity index (χ4v) is 3.21. The number of benzene rings is 1. The zero-order valence-electron chi connectivity index (χ0n) is 11.7. The summed E-state index contributed by atoms with van der Waals surface area (Å²) < 4.78 is 0. The number of hydrogen-bond donors (Lipinski definition) is 0. The van der Waals surface area contributed by atoms with Gasteiger partial charge >= 0.3 is 0 Å². The van der Waals surface area contributed by atoms with E-state index in [-0.39, 0.29) is 25.8 Å². The molecule has 1 aromatic carbocycles. The molecule has 0 spiro atoms. The molecule has 0 saturated heterocycles. The van der Waals surface area contributed by atoms with Gasteiger partial charge in [0, 0.05) is 25.8 Å². The molecule has 3 rings (SSSR count). The summed E-state index contributed by atoms with van der Waals surface area (Å²) >= 11 is 0. The van der Waals surface area contributed by atoms with Crippen molar-refractivity contribution in [2.24, 2.45) is 5.41 Å². The van der Waals surface area contributed by atoms with Crippen molar-refractivity contribution in [3.63, 3.8) is 0 Å². The third kappa shape index (κ3) is 2.57. The summed E-state index contributed by atoms with van der Waals surface area (Å²) in [6, 6.07) is 4.69. The normalized spacial score (nSPS) is 16.9. The molecule has 1 heteroatoms. The van der Waals surface area contributed by atoms with E-state index in [1.807, 2.05) is 0 Å². The van der Waals surface area contributed by atoms with Crippen molar-refractivity contribution in [1.82, 2.24) is 0 Å². The summed E-state index contributed by atoms with van der Waals surface area (Å²) in [6.45, 7) is 6.97. The molecule has 1 aromatic rings. The maximum Gasteiger partial charge on any atom is 0 e. The number of hydrogen-bond acceptors (Lipinski definition) is 0. The molecule has 0 atom stereocenters. The van der Waals surface area contributed by atoms with E-state index in [1.54, 1.807) is 16.7 Å². The molecule has 0 nitrogen and oxygen atoms in total. The van der Waals surface area contributed by atoms with Crippen molar-refractivity contribution in [1.29, 1.82) is 0 Å². The average molecular weight is 404 g/mol. The zero-order chi connectivity index (χ0) is 12.0. The van der Waals surface area contributed by atoms with Crippen LogP contribution in [0.3, 0.4) is 0 Å². The van der Waals surface area contributed by atoms with Crippen molar-refractivity contribution in [3.8, 4) is 0 Å². The second kappa shape index (κ2) is 5.07. The van der Waals surface area contributed by atoms with E-state index >= 15 is 0 Å². The quantitative estimate of drug-likeness (QED) is 0.483. The van der Waals surface area contributed by atoms with Crippen LogP contribution in [0.2, 0.25) is 0 Å². The molecule has 2 aliphatic rings. The van der Waals surface area contributed by atoms with Crippen molar-refractivity contribution < 1.29 is 25.8 Å². The minimum Gasteiger partial charge on any atom is -0.268 e. The predicted molar refractivity (Wildman–Crippen MR) is 72.9 cm³/mol. The number of allylic oxidation sites excluding steroid dienone is 2. The van der Waals surface area contributed by atoms with E-state index in [0.29, 0.717) is 5.41 Å². The molecule has 0 radical (unpaired) electrons. The van der Waals surface area contributed by atoms with Gasteiger partial charge in [0.05, 0.1) is 0 Å². The minimum absolute atomic E-state index is 0. The van der Waals surface area contributed by atoms with Crippen LogP contribution in [0.25, 0.3) is 5.57 Å². The first kappa shape index (κ1) is 14.2. The predicted octanol–water partition coefficient (Wildman–Crippen LogP) is 4.35. The molecule has 2 aliphatic carbocycles. The molecular formula is C17H21Hf-.